The van der Waals surface area contributed by atoms with Crippen molar-refractivity contribution in [3.05, 3.63) is 0 Å². The Morgan fingerprint density at radius 3 is 2.56 bits per heavy atom. The Kier molecular flexibility index (Phi) is 1.70. The minimum atomic E-state index is -0.431. The van der Waals surface area contributed by atoms with Gasteiger partial charge in [-0.2, -0.15) is 5.26 Å². The maximum absolute atomic E-state index is 9.10. The van der Waals surface area contributed by atoms with Crippen molar-refractivity contribution in [2.75, 3.05) is 20.1 Å². The Morgan fingerprint density at radius 1 is 1.67 bits per heavy atom. The van der Waals surface area contributed by atoms with E-state index < -0.39 is 6.10 Å². The molecule has 3 nitrogen and oxygen atoms in total. The zero-order chi connectivity index (χ0) is 6.85. The van der Waals surface area contributed by atoms with E-state index in [1.165, 1.54) is 0 Å². The second kappa shape index (κ2) is 2.34. The van der Waals surface area contributed by atoms with E-state index in [0.29, 0.717) is 13.1 Å². The third-order valence-corrected chi connectivity index (χ3v) is 1.64. The Labute approximate surface area is 54.5 Å². The second-order valence-electron chi connectivity index (χ2n) is 2.52. The van der Waals surface area contributed by atoms with Crippen LogP contribution in [0.15, 0.2) is 0 Å². The summed E-state index contributed by atoms with van der Waals surface area (Å²) in [5, 5.41) is 17.5. The summed E-state index contributed by atoms with van der Waals surface area (Å²) in [4.78, 5) is 1.96. The average Bonchev–Trinajstić information content (AvgIpc) is 2.10. The van der Waals surface area contributed by atoms with Crippen molar-refractivity contribution in [3.8, 4) is 6.07 Å². The van der Waals surface area contributed by atoms with E-state index in [9.17, 15) is 0 Å². The van der Waals surface area contributed by atoms with Gasteiger partial charge < -0.3 is 10.0 Å². The molecule has 9 heavy (non-hydrogen) atoms. The number of aliphatic hydroxyl groups excluding tert-OH is 1. The van der Waals surface area contributed by atoms with Crippen molar-refractivity contribution in [2.24, 2.45) is 5.92 Å². The second-order valence-corrected chi connectivity index (χ2v) is 2.52. The molecular formula is C6H10N2O. The molecular weight excluding hydrogens is 116 g/mol. The number of rotatable bonds is 0. The summed E-state index contributed by atoms with van der Waals surface area (Å²) in [5.41, 5.74) is 0. The zero-order valence-electron chi connectivity index (χ0n) is 5.41. The fourth-order valence-corrected chi connectivity index (χ4v) is 1.11. The van der Waals surface area contributed by atoms with E-state index in [4.69, 9.17) is 10.4 Å². The molecule has 0 aromatic carbocycles. The number of aliphatic hydroxyl groups is 1. The molecule has 0 aromatic rings. The van der Waals surface area contributed by atoms with Crippen molar-refractivity contribution in [1.82, 2.24) is 4.90 Å². The van der Waals surface area contributed by atoms with Gasteiger partial charge >= 0.3 is 0 Å². The maximum atomic E-state index is 9.10. The fraction of sp³-hybridized carbons (Fsp3) is 0.833. The van der Waals surface area contributed by atoms with Crippen LogP contribution >= 0.6 is 0 Å². The first-order chi connectivity index (χ1) is 4.24. The molecule has 0 aromatic heterocycles. The van der Waals surface area contributed by atoms with Crippen LogP contribution in [0.25, 0.3) is 0 Å². The topological polar surface area (TPSA) is 47.3 Å². The first kappa shape index (κ1) is 6.53. The van der Waals surface area contributed by atoms with Crippen molar-refractivity contribution in [2.45, 2.75) is 6.10 Å². The van der Waals surface area contributed by atoms with E-state index in [2.05, 4.69) is 6.07 Å². The summed E-state index contributed by atoms with van der Waals surface area (Å²) in [6.45, 7) is 1.34. The fourth-order valence-electron chi connectivity index (χ4n) is 1.11. The molecule has 1 rings (SSSR count). The number of hydrogen-bond acceptors (Lipinski definition) is 3. The van der Waals surface area contributed by atoms with Gasteiger partial charge in [0.15, 0.2) is 0 Å². The van der Waals surface area contributed by atoms with E-state index in [1.54, 1.807) is 0 Å². The summed E-state index contributed by atoms with van der Waals surface area (Å²) in [6.07, 6.45) is -0.431. The molecule has 0 saturated carbocycles. The number of likely N-dealkylation sites (N-methyl/N-ethyl adjacent to an activating group) is 1. The molecule has 0 unspecified atom stereocenters. The third-order valence-electron chi connectivity index (χ3n) is 1.64. The van der Waals surface area contributed by atoms with Crippen LogP contribution in [0.4, 0.5) is 0 Å². The van der Waals surface area contributed by atoms with Gasteiger partial charge in [-0.3, -0.25) is 0 Å². The quantitative estimate of drug-likeness (QED) is 0.473. The van der Waals surface area contributed by atoms with Crippen molar-refractivity contribution in [3.63, 3.8) is 0 Å². The van der Waals surface area contributed by atoms with Crippen LogP contribution in [-0.2, 0) is 0 Å². The Hall–Kier alpha value is -0.590. The van der Waals surface area contributed by atoms with Crippen LogP contribution in [0.3, 0.4) is 0 Å². The molecule has 2 atom stereocenters. The average molecular weight is 126 g/mol. The molecule has 1 N–H and O–H groups in total. The highest BCUT2D eigenvalue weighted by Gasteiger charge is 2.28. The normalized spacial score (nSPS) is 36.6. The molecule has 0 radical (unpaired) electrons. The monoisotopic (exact) mass is 126 g/mol. The first-order valence-electron chi connectivity index (χ1n) is 3.00. The standard InChI is InChI=1S/C6H10N2O/c1-8-3-5(2-7)6(9)4-8/h5-6,9H,3-4H2,1H3/t5-,6-/m1/s1. The van der Waals surface area contributed by atoms with Crippen LogP contribution in [0.5, 0.6) is 0 Å². The molecule has 0 spiro atoms. The van der Waals surface area contributed by atoms with Crippen LogP contribution in [0.2, 0.25) is 0 Å². The van der Waals surface area contributed by atoms with Crippen molar-refractivity contribution in [1.29, 1.82) is 5.26 Å². The number of likely N-dealkylation sites (tertiary alicyclic amines) is 1. The Morgan fingerprint density at radius 2 is 2.33 bits per heavy atom. The summed E-state index contributed by atoms with van der Waals surface area (Å²) < 4.78 is 0. The minimum Gasteiger partial charge on any atom is -0.390 e. The van der Waals surface area contributed by atoms with Gasteiger partial charge in [-0.05, 0) is 7.05 Å². The predicted octanol–water partition coefficient (Wildman–Crippen LogP) is -0.568. The van der Waals surface area contributed by atoms with Gasteiger partial charge in [0.1, 0.15) is 0 Å². The smallest absolute Gasteiger partial charge is 0.0861 e. The summed E-state index contributed by atoms with van der Waals surface area (Å²) >= 11 is 0. The lowest BCUT2D eigenvalue weighted by Crippen LogP contribution is -2.16. The summed E-state index contributed by atoms with van der Waals surface area (Å²) in [5.74, 6) is -0.171. The van der Waals surface area contributed by atoms with Gasteiger partial charge in [-0.1, -0.05) is 0 Å². The molecule has 0 amide bonds. The van der Waals surface area contributed by atoms with Gasteiger partial charge in [-0.25, -0.2) is 0 Å². The molecule has 1 saturated heterocycles. The minimum absolute atomic E-state index is 0.171. The largest absolute Gasteiger partial charge is 0.390 e. The van der Waals surface area contributed by atoms with Crippen molar-refractivity contribution < 1.29 is 5.11 Å². The van der Waals surface area contributed by atoms with E-state index in [-0.39, 0.29) is 5.92 Å². The van der Waals surface area contributed by atoms with Crippen molar-refractivity contribution >= 4 is 0 Å². The highest BCUT2D eigenvalue weighted by molar-refractivity contribution is 4.95. The van der Waals surface area contributed by atoms with Gasteiger partial charge in [0.25, 0.3) is 0 Å². The third kappa shape index (κ3) is 1.21. The molecule has 0 bridgehead atoms. The Bertz CT molecular complexity index is 140. The molecule has 1 aliphatic rings. The number of β-amino-alcohol motifs (C(OH)–C–C–N with tert-alkyl or cyclic N) is 1. The molecule has 0 aliphatic carbocycles. The first-order valence-corrected chi connectivity index (χ1v) is 3.00. The molecule has 1 heterocycles. The van der Waals surface area contributed by atoms with Gasteiger partial charge in [-0.15, -0.1) is 0 Å². The highest BCUT2D eigenvalue weighted by Crippen LogP contribution is 2.13. The van der Waals surface area contributed by atoms with E-state index in [0.717, 1.165) is 0 Å². The summed E-state index contributed by atoms with van der Waals surface area (Å²) in [6, 6.07) is 2.05. The maximum Gasteiger partial charge on any atom is 0.0861 e. The lowest BCUT2D eigenvalue weighted by Gasteiger charge is -2.02. The molecule has 50 valence electrons. The Balaban J connectivity index is 2.50. The number of hydrogen-bond donors (Lipinski definition) is 1. The van der Waals surface area contributed by atoms with Gasteiger partial charge in [0.2, 0.25) is 0 Å². The SMILES string of the molecule is CN1C[C@@H](O)[C@H](C#N)C1. The lowest BCUT2D eigenvalue weighted by molar-refractivity contribution is 0.162. The zero-order valence-corrected chi connectivity index (χ0v) is 5.41. The summed E-state index contributed by atoms with van der Waals surface area (Å²) in [7, 11) is 1.90. The molecule has 1 aliphatic heterocycles. The highest BCUT2D eigenvalue weighted by atomic mass is 16.3. The van der Waals surface area contributed by atoms with Gasteiger partial charge in [0.05, 0.1) is 18.1 Å². The van der Waals surface area contributed by atoms with Crippen LogP contribution in [0.1, 0.15) is 0 Å². The van der Waals surface area contributed by atoms with Crippen LogP contribution in [0, 0.1) is 17.2 Å². The van der Waals surface area contributed by atoms with Crippen LogP contribution < -0.4 is 0 Å². The van der Waals surface area contributed by atoms with E-state index >= 15 is 0 Å². The predicted molar refractivity (Wildman–Crippen MR) is 32.6 cm³/mol. The molecule has 1 fully saturated rings. The van der Waals surface area contributed by atoms with Gasteiger partial charge in [0, 0.05) is 13.1 Å². The number of nitrogens with zero attached hydrogens (tertiary/aromatic N) is 2. The lowest BCUT2D eigenvalue weighted by atomic mass is 10.1. The number of nitriles is 1. The van der Waals surface area contributed by atoms with E-state index in [1.807, 2.05) is 11.9 Å². The van der Waals surface area contributed by atoms with Crippen LogP contribution in [-0.4, -0.2) is 36.2 Å². The molecule has 3 heteroatoms.